The van der Waals surface area contributed by atoms with Crippen LogP contribution in [0.2, 0.25) is 0 Å². The molecule has 2 aromatic heterocycles. The van der Waals surface area contributed by atoms with Gasteiger partial charge in [-0.25, -0.2) is 0 Å². The summed E-state index contributed by atoms with van der Waals surface area (Å²) in [7, 11) is 0. The molecule has 2 aliphatic rings. The van der Waals surface area contributed by atoms with Crippen molar-refractivity contribution in [2.75, 3.05) is 0 Å². The average Bonchev–Trinajstić information content (AvgIpc) is 3.70. The highest BCUT2D eigenvalue weighted by molar-refractivity contribution is 6.13. The zero-order valence-electron chi connectivity index (χ0n) is 27.9. The molecule has 6 aromatic carbocycles. The molecule has 0 amide bonds. The topological polar surface area (TPSA) is 9.86 Å². The second-order valence-electron chi connectivity index (χ2n) is 13.6. The molecule has 0 unspecified atom stereocenters. The van der Waals surface area contributed by atoms with Crippen molar-refractivity contribution in [3.63, 3.8) is 0 Å². The second-order valence-corrected chi connectivity index (χ2v) is 13.6. The molecule has 2 heterocycles. The number of para-hydroxylation sites is 1. The first-order chi connectivity index (χ1) is 24.8. The lowest BCUT2D eigenvalue weighted by molar-refractivity contribution is 0.979. The molecule has 0 aliphatic heterocycles. The first-order valence-electron chi connectivity index (χ1n) is 17.8. The van der Waals surface area contributed by atoms with Crippen molar-refractivity contribution in [2.24, 2.45) is 0 Å². The summed E-state index contributed by atoms with van der Waals surface area (Å²) < 4.78 is 4.91. The number of allylic oxidation sites excluding steroid dienone is 8. The number of rotatable bonds is 5. The van der Waals surface area contributed by atoms with Crippen LogP contribution in [0.5, 0.6) is 0 Å². The number of nitrogens with zero attached hydrogens (tertiary/aromatic N) is 2. The average molecular weight is 641 g/mol. The molecule has 10 rings (SSSR count). The number of hydrogen-bond donors (Lipinski definition) is 0. The molecule has 0 radical (unpaired) electrons. The van der Waals surface area contributed by atoms with Gasteiger partial charge in [0, 0.05) is 32.9 Å². The van der Waals surface area contributed by atoms with Crippen LogP contribution in [-0.4, -0.2) is 9.13 Å². The van der Waals surface area contributed by atoms with Gasteiger partial charge in [0.25, 0.3) is 0 Å². The first-order valence-corrected chi connectivity index (χ1v) is 17.8. The zero-order valence-corrected chi connectivity index (χ0v) is 27.9. The molecule has 2 heteroatoms. The van der Waals surface area contributed by atoms with Gasteiger partial charge in [-0.1, -0.05) is 115 Å². The highest BCUT2D eigenvalue weighted by Gasteiger charge is 2.18. The lowest BCUT2D eigenvalue weighted by Gasteiger charge is -2.14. The Labute approximate surface area is 292 Å². The van der Waals surface area contributed by atoms with E-state index in [1.807, 2.05) is 0 Å². The van der Waals surface area contributed by atoms with E-state index in [0.717, 1.165) is 25.7 Å². The number of aromatic nitrogens is 2. The molecule has 238 valence electrons. The Bertz CT molecular complexity index is 2730. The summed E-state index contributed by atoms with van der Waals surface area (Å²) in [4.78, 5) is 0. The van der Waals surface area contributed by atoms with Crippen LogP contribution in [0.1, 0.15) is 31.2 Å². The van der Waals surface area contributed by atoms with Crippen LogP contribution >= 0.6 is 0 Å². The van der Waals surface area contributed by atoms with Crippen molar-refractivity contribution in [3.05, 3.63) is 175 Å². The fourth-order valence-electron chi connectivity index (χ4n) is 8.16. The molecular formula is C48H36N2. The molecule has 0 spiro atoms. The summed E-state index contributed by atoms with van der Waals surface area (Å²) >= 11 is 0. The van der Waals surface area contributed by atoms with E-state index in [4.69, 9.17) is 0 Å². The summed E-state index contributed by atoms with van der Waals surface area (Å²) in [6.07, 6.45) is 18.0. The van der Waals surface area contributed by atoms with Gasteiger partial charge in [-0.05, 0) is 114 Å². The molecule has 2 aliphatic carbocycles. The van der Waals surface area contributed by atoms with E-state index in [2.05, 4.69) is 179 Å². The van der Waals surface area contributed by atoms with Gasteiger partial charge >= 0.3 is 0 Å². The number of fused-ring (bicyclic) bond motifs is 6. The maximum atomic E-state index is 2.49. The van der Waals surface area contributed by atoms with E-state index in [1.54, 1.807) is 0 Å². The van der Waals surface area contributed by atoms with Gasteiger partial charge in [-0.2, -0.15) is 0 Å². The van der Waals surface area contributed by atoms with Gasteiger partial charge in [0.1, 0.15) is 0 Å². The van der Waals surface area contributed by atoms with Crippen LogP contribution < -0.4 is 0 Å². The Hall–Kier alpha value is -6.12. The summed E-state index contributed by atoms with van der Waals surface area (Å²) in [5.41, 5.74) is 15.1. The van der Waals surface area contributed by atoms with Crippen molar-refractivity contribution in [2.45, 2.75) is 25.7 Å². The maximum absolute atomic E-state index is 2.49. The third kappa shape index (κ3) is 4.71. The molecular weight excluding hydrogens is 605 g/mol. The number of benzene rings is 6. The van der Waals surface area contributed by atoms with Crippen molar-refractivity contribution < 1.29 is 0 Å². The molecule has 0 atom stereocenters. The van der Waals surface area contributed by atoms with E-state index in [0.29, 0.717) is 0 Å². The van der Waals surface area contributed by atoms with Gasteiger partial charge in [-0.3, -0.25) is 0 Å². The lowest BCUT2D eigenvalue weighted by Crippen LogP contribution is -1.98. The third-order valence-corrected chi connectivity index (χ3v) is 10.6. The van der Waals surface area contributed by atoms with Crippen LogP contribution in [-0.2, 0) is 0 Å². The minimum Gasteiger partial charge on any atom is -0.313 e. The first kappa shape index (κ1) is 28.9. The Morgan fingerprint density at radius 2 is 1.08 bits per heavy atom. The molecule has 0 bridgehead atoms. The van der Waals surface area contributed by atoms with Crippen LogP contribution in [0.3, 0.4) is 0 Å². The van der Waals surface area contributed by atoms with E-state index in [1.165, 1.54) is 88.4 Å². The zero-order chi connectivity index (χ0) is 33.0. The summed E-state index contributed by atoms with van der Waals surface area (Å²) in [5.74, 6) is 0. The fraction of sp³-hybridized carbons (Fsp3) is 0.0833. The fourth-order valence-corrected chi connectivity index (χ4v) is 8.16. The Morgan fingerprint density at radius 1 is 0.420 bits per heavy atom. The quantitative estimate of drug-likeness (QED) is 0.177. The second kappa shape index (κ2) is 11.8. The van der Waals surface area contributed by atoms with Crippen molar-refractivity contribution in [1.29, 1.82) is 0 Å². The highest BCUT2D eigenvalue weighted by atomic mass is 15.0. The SMILES string of the molecule is C1=CCCC(n2c3ccc(-c4ccc5c(c4)c4ccccc4n5-c4ccc(C5=CCCC=C5)cc4)cc3c3ccc(-c4ccccc4)cc32)=C1. The van der Waals surface area contributed by atoms with Crippen LogP contribution in [0.25, 0.3) is 82.8 Å². The molecule has 50 heavy (non-hydrogen) atoms. The predicted molar refractivity (Wildman–Crippen MR) is 214 cm³/mol. The van der Waals surface area contributed by atoms with Gasteiger partial charge in [0.15, 0.2) is 0 Å². The largest absolute Gasteiger partial charge is 0.313 e. The molecule has 0 N–H and O–H groups in total. The van der Waals surface area contributed by atoms with E-state index in [9.17, 15) is 0 Å². The minimum absolute atomic E-state index is 1.03. The summed E-state index contributed by atoms with van der Waals surface area (Å²) in [6.45, 7) is 0. The standard InChI is InChI=1S/C48H36N2/c1-4-12-33(13-5-1)35-20-25-40(26-21-35)49-45-19-11-10-18-41(45)43-30-36(23-28-46(43)49)37-24-29-47-44(31-37)42-27-22-38(34-14-6-2-7-15-34)32-48(42)50(47)39-16-8-3-9-17-39/h2-4,6-8,10-16,18-32H,1,5,9,17H2. The van der Waals surface area contributed by atoms with E-state index >= 15 is 0 Å². The van der Waals surface area contributed by atoms with Crippen molar-refractivity contribution >= 4 is 54.9 Å². The molecule has 0 fully saturated rings. The highest BCUT2D eigenvalue weighted by Crippen LogP contribution is 2.40. The maximum Gasteiger partial charge on any atom is 0.0544 e. The van der Waals surface area contributed by atoms with E-state index < -0.39 is 0 Å². The van der Waals surface area contributed by atoms with Gasteiger partial charge < -0.3 is 9.13 Å². The normalized spacial score (nSPS) is 14.6. The van der Waals surface area contributed by atoms with Crippen LogP contribution in [0.15, 0.2) is 170 Å². The summed E-state index contributed by atoms with van der Waals surface area (Å²) in [5, 5.41) is 5.12. The van der Waals surface area contributed by atoms with Gasteiger partial charge in [0.05, 0.1) is 22.1 Å². The smallest absolute Gasteiger partial charge is 0.0544 e. The molecule has 0 saturated carbocycles. The minimum atomic E-state index is 1.03. The Kier molecular flexibility index (Phi) is 6.80. The van der Waals surface area contributed by atoms with Gasteiger partial charge in [-0.15, -0.1) is 0 Å². The van der Waals surface area contributed by atoms with Gasteiger partial charge in [0.2, 0.25) is 0 Å². The molecule has 8 aromatic rings. The third-order valence-electron chi connectivity index (χ3n) is 10.6. The monoisotopic (exact) mass is 640 g/mol. The van der Waals surface area contributed by atoms with Crippen molar-refractivity contribution in [1.82, 2.24) is 9.13 Å². The Balaban J connectivity index is 1.12. The van der Waals surface area contributed by atoms with E-state index in [-0.39, 0.29) is 0 Å². The molecule has 2 nitrogen and oxygen atoms in total. The number of hydrogen-bond acceptors (Lipinski definition) is 0. The lowest BCUT2D eigenvalue weighted by atomic mass is 9.99. The van der Waals surface area contributed by atoms with Crippen LogP contribution in [0.4, 0.5) is 0 Å². The summed E-state index contributed by atoms with van der Waals surface area (Å²) in [6, 6.07) is 49.6. The molecule has 0 saturated heterocycles. The van der Waals surface area contributed by atoms with Crippen LogP contribution in [0, 0.1) is 0 Å². The predicted octanol–water partition coefficient (Wildman–Crippen LogP) is 13.1. The van der Waals surface area contributed by atoms with Crippen molar-refractivity contribution in [3.8, 4) is 27.9 Å². The Morgan fingerprint density at radius 3 is 1.82 bits per heavy atom.